The number of thiophene rings is 1. The van der Waals surface area contributed by atoms with E-state index in [1.54, 1.807) is 17.5 Å². The molecule has 0 spiro atoms. The van der Waals surface area contributed by atoms with Crippen LogP contribution in [0.5, 0.6) is 0 Å². The Morgan fingerprint density at radius 3 is 2.84 bits per heavy atom. The molecule has 0 radical (unpaired) electrons. The molecule has 2 rings (SSSR count). The number of hydrogen-bond donors (Lipinski definition) is 3. The maximum atomic E-state index is 11.5. The van der Waals surface area contributed by atoms with Gasteiger partial charge in [-0.25, -0.2) is 9.78 Å². The van der Waals surface area contributed by atoms with Crippen molar-refractivity contribution in [3.63, 3.8) is 0 Å². The second-order valence-corrected chi connectivity index (χ2v) is 4.86. The highest BCUT2D eigenvalue weighted by Crippen LogP contribution is 2.06. The fourth-order valence-corrected chi connectivity index (χ4v) is 2.12. The van der Waals surface area contributed by atoms with E-state index in [-0.39, 0.29) is 6.03 Å². The smallest absolute Gasteiger partial charge is 0.315 e. The van der Waals surface area contributed by atoms with Gasteiger partial charge in [0.1, 0.15) is 5.82 Å². The lowest BCUT2D eigenvalue weighted by molar-refractivity contribution is 0.241. The molecule has 0 aliphatic carbocycles. The number of nitrogens with one attached hydrogen (secondary N) is 3. The Morgan fingerprint density at radius 1 is 1.16 bits per heavy atom. The van der Waals surface area contributed by atoms with Gasteiger partial charge >= 0.3 is 6.03 Å². The van der Waals surface area contributed by atoms with Gasteiger partial charge in [0.2, 0.25) is 0 Å². The van der Waals surface area contributed by atoms with Gasteiger partial charge in [0.05, 0.1) is 6.54 Å². The number of amides is 2. The molecule has 0 aliphatic heterocycles. The Balaban J connectivity index is 1.57. The number of rotatable bonds is 6. The Bertz CT molecular complexity index is 487. The minimum absolute atomic E-state index is 0.156. The highest BCUT2D eigenvalue weighted by atomic mass is 32.1. The largest absolute Gasteiger partial charge is 0.368 e. The van der Waals surface area contributed by atoms with Gasteiger partial charge in [0, 0.05) is 24.2 Å². The molecule has 2 aromatic rings. The second-order valence-electron chi connectivity index (χ2n) is 3.83. The van der Waals surface area contributed by atoms with E-state index in [0.29, 0.717) is 19.6 Å². The Labute approximate surface area is 116 Å². The lowest BCUT2D eigenvalue weighted by atomic mass is 10.4. The molecule has 0 atom stereocenters. The standard InChI is InChI=1S/C13H16N4OS/c18-13(17-10-11-4-3-9-19-11)16-8-7-15-12-5-1-2-6-14-12/h1-6,9H,7-8,10H2,(H,14,15)(H2,16,17,18). The van der Waals surface area contributed by atoms with Gasteiger partial charge in [0.15, 0.2) is 0 Å². The van der Waals surface area contributed by atoms with E-state index < -0.39 is 0 Å². The molecular formula is C13H16N4OS. The third-order valence-corrected chi connectivity index (χ3v) is 3.26. The first-order valence-electron chi connectivity index (χ1n) is 6.03. The number of hydrogen-bond acceptors (Lipinski definition) is 4. The minimum Gasteiger partial charge on any atom is -0.368 e. The van der Waals surface area contributed by atoms with Crippen LogP contribution in [0.4, 0.5) is 10.6 Å². The number of aromatic nitrogens is 1. The van der Waals surface area contributed by atoms with Crippen molar-refractivity contribution < 1.29 is 4.79 Å². The van der Waals surface area contributed by atoms with Crippen molar-refractivity contribution in [2.75, 3.05) is 18.4 Å². The molecule has 0 fully saturated rings. The summed E-state index contributed by atoms with van der Waals surface area (Å²) in [7, 11) is 0. The van der Waals surface area contributed by atoms with Crippen LogP contribution in [0.2, 0.25) is 0 Å². The monoisotopic (exact) mass is 276 g/mol. The van der Waals surface area contributed by atoms with Crippen LogP contribution >= 0.6 is 11.3 Å². The number of carbonyl (C=O) groups excluding carboxylic acids is 1. The first-order valence-corrected chi connectivity index (χ1v) is 6.91. The van der Waals surface area contributed by atoms with E-state index in [0.717, 1.165) is 10.7 Å². The number of urea groups is 1. The van der Waals surface area contributed by atoms with E-state index >= 15 is 0 Å². The van der Waals surface area contributed by atoms with E-state index in [1.165, 1.54) is 0 Å². The van der Waals surface area contributed by atoms with Crippen LogP contribution in [-0.4, -0.2) is 24.1 Å². The van der Waals surface area contributed by atoms with Crippen molar-refractivity contribution in [1.82, 2.24) is 15.6 Å². The van der Waals surface area contributed by atoms with Crippen molar-refractivity contribution in [3.8, 4) is 0 Å². The molecule has 3 N–H and O–H groups in total. The summed E-state index contributed by atoms with van der Waals surface area (Å²) in [6.45, 7) is 1.76. The summed E-state index contributed by atoms with van der Waals surface area (Å²) in [4.78, 5) is 16.8. The zero-order valence-corrected chi connectivity index (χ0v) is 11.2. The van der Waals surface area contributed by atoms with Crippen molar-refractivity contribution in [2.45, 2.75) is 6.54 Å². The number of anilines is 1. The lowest BCUT2D eigenvalue weighted by Crippen LogP contribution is -2.37. The first kappa shape index (κ1) is 13.4. The first-order chi connectivity index (χ1) is 9.34. The van der Waals surface area contributed by atoms with Gasteiger partial charge in [-0.05, 0) is 23.6 Å². The molecule has 2 amide bonds. The molecule has 19 heavy (non-hydrogen) atoms. The summed E-state index contributed by atoms with van der Waals surface area (Å²) >= 11 is 1.63. The van der Waals surface area contributed by atoms with Crippen LogP contribution in [0.1, 0.15) is 4.88 Å². The zero-order valence-electron chi connectivity index (χ0n) is 10.4. The van der Waals surface area contributed by atoms with Gasteiger partial charge in [0.25, 0.3) is 0 Å². The maximum absolute atomic E-state index is 11.5. The van der Waals surface area contributed by atoms with Crippen LogP contribution in [0.15, 0.2) is 41.9 Å². The lowest BCUT2D eigenvalue weighted by Gasteiger charge is -2.08. The van der Waals surface area contributed by atoms with Gasteiger partial charge < -0.3 is 16.0 Å². The van der Waals surface area contributed by atoms with Crippen molar-refractivity contribution in [2.24, 2.45) is 0 Å². The Hall–Kier alpha value is -2.08. The molecule has 0 bridgehead atoms. The molecule has 2 aromatic heterocycles. The number of carbonyl (C=O) groups is 1. The molecule has 5 nitrogen and oxygen atoms in total. The van der Waals surface area contributed by atoms with E-state index in [4.69, 9.17) is 0 Å². The number of pyridine rings is 1. The molecular weight excluding hydrogens is 260 g/mol. The van der Waals surface area contributed by atoms with E-state index in [2.05, 4.69) is 20.9 Å². The molecule has 100 valence electrons. The minimum atomic E-state index is -0.156. The van der Waals surface area contributed by atoms with Gasteiger partial charge in [-0.3, -0.25) is 0 Å². The van der Waals surface area contributed by atoms with Crippen LogP contribution in [-0.2, 0) is 6.54 Å². The average molecular weight is 276 g/mol. The highest BCUT2D eigenvalue weighted by molar-refractivity contribution is 7.09. The molecule has 0 saturated heterocycles. The maximum Gasteiger partial charge on any atom is 0.315 e. The molecule has 0 aromatic carbocycles. The van der Waals surface area contributed by atoms with E-state index in [9.17, 15) is 4.79 Å². The topological polar surface area (TPSA) is 66.0 Å². The third kappa shape index (κ3) is 4.97. The summed E-state index contributed by atoms with van der Waals surface area (Å²) in [5.74, 6) is 0.809. The molecule has 2 heterocycles. The SMILES string of the molecule is O=C(NCCNc1ccccn1)NCc1cccs1. The summed E-state index contributed by atoms with van der Waals surface area (Å²) in [5.41, 5.74) is 0. The normalized spacial score (nSPS) is 9.89. The Morgan fingerprint density at radius 2 is 2.11 bits per heavy atom. The van der Waals surface area contributed by atoms with Gasteiger partial charge in [-0.2, -0.15) is 0 Å². The second kappa shape index (κ2) is 7.38. The van der Waals surface area contributed by atoms with Crippen molar-refractivity contribution >= 4 is 23.2 Å². The summed E-state index contributed by atoms with van der Waals surface area (Å²) < 4.78 is 0. The fourth-order valence-electron chi connectivity index (χ4n) is 1.48. The number of nitrogens with zero attached hydrogens (tertiary/aromatic N) is 1. The van der Waals surface area contributed by atoms with Gasteiger partial charge in [-0.15, -0.1) is 11.3 Å². The predicted molar refractivity (Wildman–Crippen MR) is 77.3 cm³/mol. The van der Waals surface area contributed by atoms with Crippen LogP contribution in [0, 0.1) is 0 Å². The fraction of sp³-hybridized carbons (Fsp3) is 0.231. The van der Waals surface area contributed by atoms with Crippen LogP contribution < -0.4 is 16.0 Å². The van der Waals surface area contributed by atoms with E-state index in [1.807, 2.05) is 35.7 Å². The summed E-state index contributed by atoms with van der Waals surface area (Å²) in [5, 5.41) is 10.7. The Kier molecular flexibility index (Phi) is 5.18. The zero-order chi connectivity index (χ0) is 13.3. The molecule has 0 saturated carbocycles. The third-order valence-electron chi connectivity index (χ3n) is 2.38. The predicted octanol–water partition coefficient (Wildman–Crippen LogP) is 2.05. The van der Waals surface area contributed by atoms with Gasteiger partial charge in [-0.1, -0.05) is 12.1 Å². The summed E-state index contributed by atoms with van der Waals surface area (Å²) in [6.07, 6.45) is 1.73. The average Bonchev–Trinajstić information content (AvgIpc) is 2.96. The van der Waals surface area contributed by atoms with Crippen molar-refractivity contribution in [1.29, 1.82) is 0 Å². The summed E-state index contributed by atoms with van der Waals surface area (Å²) in [6, 6.07) is 9.47. The molecule has 6 heteroatoms. The highest BCUT2D eigenvalue weighted by Gasteiger charge is 2.00. The van der Waals surface area contributed by atoms with Crippen LogP contribution in [0.3, 0.4) is 0 Å². The van der Waals surface area contributed by atoms with Crippen LogP contribution in [0.25, 0.3) is 0 Å². The quantitative estimate of drug-likeness (QED) is 0.707. The van der Waals surface area contributed by atoms with Crippen molar-refractivity contribution in [3.05, 3.63) is 46.8 Å². The molecule has 0 aliphatic rings. The molecule has 0 unspecified atom stereocenters.